The summed E-state index contributed by atoms with van der Waals surface area (Å²) in [4.78, 5) is 27.2. The van der Waals surface area contributed by atoms with Crippen LogP contribution in [0.15, 0.2) is 12.1 Å². The molecule has 0 radical (unpaired) electrons. The number of nitrogens with zero attached hydrogens (tertiary/aromatic N) is 1. The molecule has 28 heavy (non-hydrogen) atoms. The van der Waals surface area contributed by atoms with E-state index in [-0.39, 0.29) is 30.2 Å². The summed E-state index contributed by atoms with van der Waals surface area (Å²) in [7, 11) is 2.03. The molecule has 2 aliphatic heterocycles. The number of piperidine rings is 2. The van der Waals surface area contributed by atoms with E-state index in [1.54, 1.807) is 0 Å². The highest BCUT2D eigenvalue weighted by Crippen LogP contribution is 2.23. The van der Waals surface area contributed by atoms with Crippen LogP contribution in [0.2, 0.25) is 0 Å². The first-order valence-electron chi connectivity index (χ1n) is 9.29. The molecule has 5 nitrogen and oxygen atoms in total. The van der Waals surface area contributed by atoms with E-state index in [2.05, 4.69) is 15.5 Å². The lowest BCUT2D eigenvalue weighted by molar-refractivity contribution is -0.127. The lowest BCUT2D eigenvalue weighted by atomic mass is 9.86. The van der Waals surface area contributed by atoms with Crippen molar-refractivity contribution in [3.05, 3.63) is 35.1 Å². The number of nitrogens with one attached hydrogen (secondary N) is 2. The SMILES string of the molecule is CN1CCC(C(=O)C2CCCC(NC(=O)c3c(F)cc(F)cc3F)N2)CC1.Cl. The Bertz CT molecular complexity index is 703. The van der Waals surface area contributed by atoms with Crippen molar-refractivity contribution in [2.24, 2.45) is 5.92 Å². The molecule has 2 aliphatic rings. The van der Waals surface area contributed by atoms with Crippen molar-refractivity contribution in [1.82, 2.24) is 15.5 Å². The van der Waals surface area contributed by atoms with Gasteiger partial charge in [-0.2, -0.15) is 0 Å². The zero-order valence-corrected chi connectivity index (χ0v) is 16.5. The van der Waals surface area contributed by atoms with Gasteiger partial charge in [-0.1, -0.05) is 0 Å². The summed E-state index contributed by atoms with van der Waals surface area (Å²) in [6, 6.07) is 0.567. The fourth-order valence-electron chi connectivity index (χ4n) is 3.84. The van der Waals surface area contributed by atoms with Gasteiger partial charge in [0.25, 0.3) is 5.91 Å². The maximum Gasteiger partial charge on any atom is 0.258 e. The number of rotatable bonds is 4. The average Bonchev–Trinajstić information content (AvgIpc) is 2.61. The van der Waals surface area contributed by atoms with Crippen LogP contribution in [-0.4, -0.2) is 48.9 Å². The van der Waals surface area contributed by atoms with Gasteiger partial charge in [-0.25, -0.2) is 13.2 Å². The number of Topliss-reactive ketones (excluding diaryl/α,β-unsaturated/α-hetero) is 1. The van der Waals surface area contributed by atoms with E-state index >= 15 is 0 Å². The Morgan fingerprint density at radius 2 is 1.68 bits per heavy atom. The van der Waals surface area contributed by atoms with Gasteiger partial charge >= 0.3 is 0 Å². The molecular weight excluding hydrogens is 395 g/mol. The average molecular weight is 420 g/mol. The van der Waals surface area contributed by atoms with Gasteiger partial charge in [-0.15, -0.1) is 12.4 Å². The number of halogens is 4. The second-order valence-corrected chi connectivity index (χ2v) is 7.40. The molecule has 0 spiro atoms. The standard InChI is InChI=1S/C19H24F3N3O2.ClH/c1-25-7-5-11(6-8-25)18(26)15-3-2-4-16(23-15)24-19(27)17-13(21)9-12(20)10-14(17)22;/h9-11,15-16,23H,2-8H2,1H3,(H,24,27);1H. The molecule has 0 bridgehead atoms. The third-order valence-corrected chi connectivity index (χ3v) is 5.39. The summed E-state index contributed by atoms with van der Waals surface area (Å²) >= 11 is 0. The van der Waals surface area contributed by atoms with Gasteiger partial charge in [0.15, 0.2) is 5.78 Å². The normalized spacial score (nSPS) is 23.7. The molecule has 1 aromatic carbocycles. The van der Waals surface area contributed by atoms with Gasteiger partial charge in [0.05, 0.1) is 12.2 Å². The summed E-state index contributed by atoms with van der Waals surface area (Å²) in [5, 5.41) is 5.62. The summed E-state index contributed by atoms with van der Waals surface area (Å²) in [6.45, 7) is 1.76. The Balaban J connectivity index is 0.00000280. The maximum atomic E-state index is 13.8. The number of likely N-dealkylation sites (tertiary alicyclic amines) is 1. The Labute approximate surface area is 168 Å². The van der Waals surface area contributed by atoms with Gasteiger partial charge in [0.2, 0.25) is 0 Å². The molecule has 2 fully saturated rings. The van der Waals surface area contributed by atoms with Crippen LogP contribution in [0.1, 0.15) is 42.5 Å². The molecule has 0 aliphatic carbocycles. The maximum absolute atomic E-state index is 13.8. The van der Waals surface area contributed by atoms with Crippen LogP contribution in [0.5, 0.6) is 0 Å². The molecule has 1 amide bonds. The van der Waals surface area contributed by atoms with E-state index in [1.165, 1.54) is 0 Å². The van der Waals surface area contributed by atoms with Gasteiger partial charge in [-0.3, -0.25) is 14.9 Å². The summed E-state index contributed by atoms with van der Waals surface area (Å²) in [5.74, 6) is -4.41. The molecule has 9 heteroatoms. The van der Waals surface area contributed by atoms with E-state index in [4.69, 9.17) is 0 Å². The van der Waals surface area contributed by atoms with E-state index in [0.717, 1.165) is 32.4 Å². The number of hydrogen-bond acceptors (Lipinski definition) is 4. The molecular formula is C19H25ClF3N3O2. The van der Waals surface area contributed by atoms with E-state index < -0.39 is 35.1 Å². The fourth-order valence-corrected chi connectivity index (χ4v) is 3.84. The van der Waals surface area contributed by atoms with Crippen LogP contribution in [-0.2, 0) is 4.79 Å². The predicted molar refractivity (Wildman–Crippen MR) is 101 cm³/mol. The Hall–Kier alpha value is -1.64. The minimum Gasteiger partial charge on any atom is -0.337 e. The van der Waals surface area contributed by atoms with E-state index in [9.17, 15) is 22.8 Å². The topological polar surface area (TPSA) is 61.4 Å². The monoisotopic (exact) mass is 419 g/mol. The third-order valence-electron chi connectivity index (χ3n) is 5.39. The first-order valence-corrected chi connectivity index (χ1v) is 9.29. The molecule has 2 saturated heterocycles. The van der Waals surface area contributed by atoms with Gasteiger partial charge in [0.1, 0.15) is 23.0 Å². The number of carbonyl (C=O) groups excluding carboxylic acids is 2. The molecule has 2 N–H and O–H groups in total. The quantitative estimate of drug-likeness (QED) is 0.787. The second kappa shape index (κ2) is 9.71. The largest absolute Gasteiger partial charge is 0.337 e. The highest BCUT2D eigenvalue weighted by Gasteiger charge is 2.33. The number of benzene rings is 1. The third kappa shape index (κ3) is 5.24. The van der Waals surface area contributed by atoms with Crippen LogP contribution < -0.4 is 10.6 Å². The number of ketones is 1. The summed E-state index contributed by atoms with van der Waals surface area (Å²) in [5.41, 5.74) is -0.818. The van der Waals surface area contributed by atoms with Crippen LogP contribution in [0.25, 0.3) is 0 Å². The fraction of sp³-hybridized carbons (Fsp3) is 0.579. The van der Waals surface area contributed by atoms with Crippen molar-refractivity contribution in [2.75, 3.05) is 20.1 Å². The molecule has 2 heterocycles. The lowest BCUT2D eigenvalue weighted by Gasteiger charge is -2.35. The van der Waals surface area contributed by atoms with Gasteiger partial charge < -0.3 is 10.2 Å². The highest BCUT2D eigenvalue weighted by atomic mass is 35.5. The minimum atomic E-state index is -1.25. The van der Waals surface area contributed by atoms with Crippen LogP contribution in [0, 0.1) is 23.4 Å². The Morgan fingerprint density at radius 1 is 1.07 bits per heavy atom. The molecule has 0 saturated carbocycles. The first-order chi connectivity index (χ1) is 12.8. The molecule has 2 atom stereocenters. The predicted octanol–water partition coefficient (Wildman–Crippen LogP) is 2.63. The van der Waals surface area contributed by atoms with Crippen molar-refractivity contribution in [2.45, 2.75) is 44.3 Å². The molecule has 156 valence electrons. The highest BCUT2D eigenvalue weighted by molar-refractivity contribution is 5.95. The van der Waals surface area contributed by atoms with Crippen molar-refractivity contribution in [3.63, 3.8) is 0 Å². The van der Waals surface area contributed by atoms with Gasteiger partial charge in [-0.05, 0) is 52.2 Å². The van der Waals surface area contributed by atoms with Crippen molar-refractivity contribution in [1.29, 1.82) is 0 Å². The molecule has 0 aromatic heterocycles. The molecule has 1 aromatic rings. The van der Waals surface area contributed by atoms with Crippen LogP contribution in [0.4, 0.5) is 13.2 Å². The van der Waals surface area contributed by atoms with E-state index in [1.807, 2.05) is 7.05 Å². The van der Waals surface area contributed by atoms with E-state index in [0.29, 0.717) is 25.0 Å². The zero-order valence-electron chi connectivity index (χ0n) is 15.6. The Kier molecular flexibility index (Phi) is 7.86. The zero-order chi connectivity index (χ0) is 19.6. The first kappa shape index (κ1) is 22.6. The van der Waals surface area contributed by atoms with Crippen LogP contribution >= 0.6 is 12.4 Å². The number of amides is 1. The Morgan fingerprint density at radius 3 is 2.29 bits per heavy atom. The van der Waals surface area contributed by atoms with Crippen LogP contribution in [0.3, 0.4) is 0 Å². The molecule has 2 unspecified atom stereocenters. The lowest BCUT2D eigenvalue weighted by Crippen LogP contribution is -2.56. The number of hydrogen-bond donors (Lipinski definition) is 2. The smallest absolute Gasteiger partial charge is 0.258 e. The number of carbonyl (C=O) groups is 2. The second-order valence-electron chi connectivity index (χ2n) is 7.40. The minimum absolute atomic E-state index is 0. The van der Waals surface area contributed by atoms with Crippen molar-refractivity contribution in [3.8, 4) is 0 Å². The van der Waals surface area contributed by atoms with Gasteiger partial charge in [0, 0.05) is 18.1 Å². The summed E-state index contributed by atoms with van der Waals surface area (Å²) in [6.07, 6.45) is 3.02. The molecule has 3 rings (SSSR count). The summed E-state index contributed by atoms with van der Waals surface area (Å²) < 4.78 is 40.6. The van der Waals surface area contributed by atoms with Crippen molar-refractivity contribution < 1.29 is 22.8 Å². The van der Waals surface area contributed by atoms with Crippen molar-refractivity contribution >= 4 is 24.1 Å².